The van der Waals surface area contributed by atoms with E-state index in [0.29, 0.717) is 22.5 Å². The predicted molar refractivity (Wildman–Crippen MR) is 88.9 cm³/mol. The van der Waals surface area contributed by atoms with E-state index in [4.69, 9.17) is 9.15 Å². The normalized spacial score (nSPS) is 12.3. The van der Waals surface area contributed by atoms with E-state index in [1.54, 1.807) is 19.2 Å². The summed E-state index contributed by atoms with van der Waals surface area (Å²) in [5.74, 6) is -0.648. The van der Waals surface area contributed by atoms with Crippen molar-refractivity contribution in [2.75, 3.05) is 0 Å². The molecule has 0 amide bonds. The van der Waals surface area contributed by atoms with Crippen LogP contribution in [0.4, 0.5) is 0 Å². The summed E-state index contributed by atoms with van der Waals surface area (Å²) in [6.07, 6.45) is 1.77. The second kappa shape index (κ2) is 6.90. The van der Waals surface area contributed by atoms with Crippen LogP contribution < -0.4 is 0 Å². The molecule has 2 N–H and O–H groups in total. The average molecular weight is 342 g/mol. The van der Waals surface area contributed by atoms with Gasteiger partial charge >= 0.3 is 5.97 Å². The van der Waals surface area contributed by atoms with E-state index in [2.05, 4.69) is 9.97 Å². The molecule has 130 valence electrons. The fourth-order valence-corrected chi connectivity index (χ4v) is 2.52. The van der Waals surface area contributed by atoms with E-state index in [9.17, 15) is 15.0 Å². The SMILES string of the molecule is Cc1cnc(CC(O)C(=O)OCc2coc3cc(O)ccc23)c(C)n1. The van der Waals surface area contributed by atoms with Crippen LogP contribution in [0.25, 0.3) is 11.0 Å². The number of aromatic hydroxyl groups is 1. The minimum atomic E-state index is -1.32. The quantitative estimate of drug-likeness (QED) is 0.685. The molecule has 2 aromatic heterocycles. The fourth-order valence-electron chi connectivity index (χ4n) is 2.52. The third kappa shape index (κ3) is 3.77. The van der Waals surface area contributed by atoms with Crippen molar-refractivity contribution in [3.05, 3.63) is 53.3 Å². The molecule has 0 bridgehead atoms. The van der Waals surface area contributed by atoms with Gasteiger partial charge in [0.2, 0.25) is 0 Å². The van der Waals surface area contributed by atoms with Gasteiger partial charge in [-0.25, -0.2) is 4.79 Å². The molecule has 0 aliphatic rings. The lowest BCUT2D eigenvalue weighted by molar-refractivity contribution is -0.154. The number of aryl methyl sites for hydroxylation is 2. The highest BCUT2D eigenvalue weighted by Gasteiger charge is 2.20. The minimum absolute atomic E-state index is 0.0355. The third-order valence-corrected chi connectivity index (χ3v) is 3.84. The Labute approximate surface area is 143 Å². The number of hydrogen-bond acceptors (Lipinski definition) is 7. The number of fused-ring (bicyclic) bond motifs is 1. The maximum Gasteiger partial charge on any atom is 0.335 e. The summed E-state index contributed by atoms with van der Waals surface area (Å²) in [6, 6.07) is 4.68. The van der Waals surface area contributed by atoms with E-state index >= 15 is 0 Å². The molecule has 7 nitrogen and oxygen atoms in total. The van der Waals surface area contributed by atoms with E-state index in [0.717, 1.165) is 11.1 Å². The molecule has 1 atom stereocenters. The summed E-state index contributed by atoms with van der Waals surface area (Å²) < 4.78 is 10.5. The average Bonchev–Trinajstić information content (AvgIpc) is 2.97. The van der Waals surface area contributed by atoms with Gasteiger partial charge in [-0.1, -0.05) is 0 Å². The molecule has 0 saturated carbocycles. The highest BCUT2D eigenvalue weighted by Crippen LogP contribution is 2.25. The summed E-state index contributed by atoms with van der Waals surface area (Å²) in [6.45, 7) is 3.57. The van der Waals surface area contributed by atoms with Crippen molar-refractivity contribution in [1.82, 2.24) is 9.97 Å². The summed E-state index contributed by atoms with van der Waals surface area (Å²) >= 11 is 0. The van der Waals surface area contributed by atoms with Crippen LogP contribution in [0.2, 0.25) is 0 Å². The first-order valence-corrected chi connectivity index (χ1v) is 7.77. The number of hydrogen-bond donors (Lipinski definition) is 2. The Bertz CT molecular complexity index is 919. The third-order valence-electron chi connectivity index (χ3n) is 3.84. The van der Waals surface area contributed by atoms with Crippen molar-refractivity contribution in [3.63, 3.8) is 0 Å². The van der Waals surface area contributed by atoms with Gasteiger partial charge in [-0.3, -0.25) is 9.97 Å². The topological polar surface area (TPSA) is 106 Å². The van der Waals surface area contributed by atoms with Gasteiger partial charge in [0.05, 0.1) is 23.3 Å². The van der Waals surface area contributed by atoms with Gasteiger partial charge in [0.25, 0.3) is 0 Å². The largest absolute Gasteiger partial charge is 0.508 e. The first kappa shape index (κ1) is 16.9. The van der Waals surface area contributed by atoms with Crippen molar-refractivity contribution in [2.45, 2.75) is 33.0 Å². The molecule has 3 rings (SSSR count). The zero-order chi connectivity index (χ0) is 18.0. The molecule has 25 heavy (non-hydrogen) atoms. The van der Waals surface area contributed by atoms with Gasteiger partial charge in [0, 0.05) is 29.6 Å². The lowest BCUT2D eigenvalue weighted by atomic mass is 10.1. The first-order valence-electron chi connectivity index (χ1n) is 7.77. The highest BCUT2D eigenvalue weighted by atomic mass is 16.5. The lowest BCUT2D eigenvalue weighted by Gasteiger charge is -2.11. The molecular weight excluding hydrogens is 324 g/mol. The predicted octanol–water partition coefficient (Wildman–Crippen LogP) is 2.19. The van der Waals surface area contributed by atoms with Crippen molar-refractivity contribution in [1.29, 1.82) is 0 Å². The first-order chi connectivity index (χ1) is 11.9. The van der Waals surface area contributed by atoms with Crippen LogP contribution in [0, 0.1) is 13.8 Å². The summed E-state index contributed by atoms with van der Waals surface area (Å²) in [5, 5.41) is 20.2. The van der Waals surface area contributed by atoms with Crippen LogP contribution in [0.1, 0.15) is 22.6 Å². The highest BCUT2D eigenvalue weighted by molar-refractivity contribution is 5.82. The van der Waals surface area contributed by atoms with Gasteiger partial charge < -0.3 is 19.4 Å². The van der Waals surface area contributed by atoms with Crippen molar-refractivity contribution >= 4 is 16.9 Å². The van der Waals surface area contributed by atoms with Crippen molar-refractivity contribution in [2.24, 2.45) is 0 Å². The zero-order valence-electron chi connectivity index (χ0n) is 13.9. The Balaban J connectivity index is 1.63. The second-order valence-electron chi connectivity index (χ2n) is 5.81. The molecule has 2 heterocycles. The van der Waals surface area contributed by atoms with Crippen molar-refractivity contribution in [3.8, 4) is 5.75 Å². The molecule has 0 radical (unpaired) electrons. The van der Waals surface area contributed by atoms with Gasteiger partial charge in [-0.15, -0.1) is 0 Å². The number of nitrogens with zero attached hydrogens (tertiary/aromatic N) is 2. The van der Waals surface area contributed by atoms with E-state index in [1.807, 2.05) is 6.92 Å². The zero-order valence-corrected chi connectivity index (χ0v) is 13.9. The monoisotopic (exact) mass is 342 g/mol. The van der Waals surface area contributed by atoms with E-state index in [1.165, 1.54) is 18.4 Å². The molecule has 3 aromatic rings. The molecule has 0 aliphatic heterocycles. The van der Waals surface area contributed by atoms with Crippen LogP contribution in [0.15, 0.2) is 35.1 Å². The molecule has 7 heteroatoms. The molecule has 0 fully saturated rings. The van der Waals surface area contributed by atoms with Gasteiger partial charge in [-0.05, 0) is 26.0 Å². The Morgan fingerprint density at radius 2 is 2.16 bits per heavy atom. The maximum absolute atomic E-state index is 12.0. The number of phenols is 1. The fraction of sp³-hybridized carbons (Fsp3) is 0.278. The van der Waals surface area contributed by atoms with Gasteiger partial charge in [0.1, 0.15) is 17.9 Å². The summed E-state index contributed by atoms with van der Waals surface area (Å²) in [4.78, 5) is 20.5. The molecular formula is C18H18N2O5. The number of ether oxygens (including phenoxy) is 1. The Morgan fingerprint density at radius 1 is 1.36 bits per heavy atom. The summed E-state index contributed by atoms with van der Waals surface area (Å²) in [5.41, 5.74) is 3.15. The number of carbonyl (C=O) groups is 1. The van der Waals surface area contributed by atoms with Gasteiger partial charge in [0.15, 0.2) is 6.10 Å². The van der Waals surface area contributed by atoms with E-state index in [-0.39, 0.29) is 18.8 Å². The van der Waals surface area contributed by atoms with Crippen LogP contribution in [0.3, 0.4) is 0 Å². The van der Waals surface area contributed by atoms with Crippen LogP contribution in [-0.4, -0.2) is 32.3 Å². The number of esters is 1. The molecule has 1 aromatic carbocycles. The molecule has 0 aliphatic carbocycles. The smallest absolute Gasteiger partial charge is 0.335 e. The second-order valence-corrected chi connectivity index (χ2v) is 5.81. The standard InChI is InChI=1S/C18H18N2O5/c1-10-7-19-15(11(2)20-10)6-16(22)18(23)25-9-12-8-24-17-5-13(21)3-4-14(12)17/h3-5,7-8,16,21-22H,6,9H2,1-2H3. The Kier molecular flexibility index (Phi) is 4.67. The lowest BCUT2D eigenvalue weighted by Crippen LogP contribution is -2.26. The molecule has 0 spiro atoms. The summed E-state index contributed by atoms with van der Waals surface area (Å²) in [7, 11) is 0. The van der Waals surface area contributed by atoms with Crippen molar-refractivity contribution < 1.29 is 24.2 Å². The number of aliphatic hydroxyl groups is 1. The number of furan rings is 1. The molecule has 0 saturated heterocycles. The number of aromatic nitrogens is 2. The van der Waals surface area contributed by atoms with Gasteiger partial charge in [-0.2, -0.15) is 0 Å². The maximum atomic E-state index is 12.0. The molecule has 1 unspecified atom stereocenters. The number of rotatable bonds is 5. The Hall–Kier alpha value is -2.93. The number of benzene rings is 1. The van der Waals surface area contributed by atoms with Crippen LogP contribution in [-0.2, 0) is 22.6 Å². The van der Waals surface area contributed by atoms with E-state index < -0.39 is 12.1 Å². The number of carbonyl (C=O) groups excluding carboxylic acids is 1. The van der Waals surface area contributed by atoms with Crippen LogP contribution >= 0.6 is 0 Å². The minimum Gasteiger partial charge on any atom is -0.508 e. The van der Waals surface area contributed by atoms with Crippen LogP contribution in [0.5, 0.6) is 5.75 Å². The number of aliphatic hydroxyl groups excluding tert-OH is 1. The Morgan fingerprint density at radius 3 is 2.92 bits per heavy atom. The number of phenolic OH excluding ortho intramolecular Hbond substituents is 1.